The van der Waals surface area contributed by atoms with Gasteiger partial charge in [0.25, 0.3) is 0 Å². The molecule has 2 heteroatoms. The summed E-state index contributed by atoms with van der Waals surface area (Å²) in [5.74, 6) is 0. The van der Waals surface area contributed by atoms with Gasteiger partial charge in [-0.25, -0.2) is 0 Å². The average Bonchev–Trinajstić information content (AvgIpc) is 2.38. The fraction of sp³-hybridized carbons (Fsp3) is 0.625. The highest BCUT2D eigenvalue weighted by Gasteiger charge is 2.13. The van der Waals surface area contributed by atoms with E-state index in [2.05, 4.69) is 68.2 Å². The van der Waals surface area contributed by atoms with Crippen LogP contribution < -0.4 is 10.2 Å². The van der Waals surface area contributed by atoms with Crippen LogP contribution in [-0.2, 0) is 0 Å². The van der Waals surface area contributed by atoms with Gasteiger partial charge in [0.2, 0.25) is 0 Å². The second kappa shape index (κ2) is 8.15. The smallest absolute Gasteiger partial charge is 0.0386 e. The average molecular weight is 248 g/mol. The van der Waals surface area contributed by atoms with Crippen molar-refractivity contribution in [3.8, 4) is 0 Å². The van der Waals surface area contributed by atoms with Crippen LogP contribution in [0.1, 0.15) is 40.5 Å². The number of nitrogens with zero attached hydrogens (tertiary/aromatic N) is 1. The van der Waals surface area contributed by atoms with Crippen LogP contribution in [-0.4, -0.2) is 25.2 Å². The molecule has 102 valence electrons. The van der Waals surface area contributed by atoms with Crippen LogP contribution in [0.3, 0.4) is 0 Å². The fourth-order valence-electron chi connectivity index (χ4n) is 2.07. The molecule has 0 aliphatic carbocycles. The normalized spacial score (nSPS) is 12.7. The van der Waals surface area contributed by atoms with E-state index in [0.29, 0.717) is 12.1 Å². The Labute approximate surface area is 112 Å². The zero-order valence-electron chi connectivity index (χ0n) is 12.3. The van der Waals surface area contributed by atoms with E-state index >= 15 is 0 Å². The highest BCUT2D eigenvalue weighted by atomic mass is 15.2. The van der Waals surface area contributed by atoms with Gasteiger partial charge in [-0.15, -0.1) is 0 Å². The Balaban J connectivity index is 2.65. The van der Waals surface area contributed by atoms with Crippen molar-refractivity contribution in [1.29, 1.82) is 0 Å². The van der Waals surface area contributed by atoms with Crippen molar-refractivity contribution in [2.24, 2.45) is 0 Å². The highest BCUT2D eigenvalue weighted by molar-refractivity contribution is 5.46. The first-order valence-corrected chi connectivity index (χ1v) is 7.20. The van der Waals surface area contributed by atoms with E-state index in [0.717, 1.165) is 13.1 Å². The van der Waals surface area contributed by atoms with Crippen LogP contribution in [0.25, 0.3) is 0 Å². The quantitative estimate of drug-likeness (QED) is 0.755. The van der Waals surface area contributed by atoms with Gasteiger partial charge in [-0.2, -0.15) is 0 Å². The third-order valence-corrected chi connectivity index (χ3v) is 3.19. The molecule has 1 unspecified atom stereocenters. The van der Waals surface area contributed by atoms with E-state index in [1.807, 2.05) is 0 Å². The maximum absolute atomic E-state index is 3.53. The molecule has 1 N–H and O–H groups in total. The second-order valence-electron chi connectivity index (χ2n) is 5.29. The van der Waals surface area contributed by atoms with Crippen molar-refractivity contribution < 1.29 is 0 Å². The standard InChI is InChI=1S/C16H28N2/c1-5-6-12-18(15(4)13-17-14(2)3)16-10-8-7-9-11-16/h7-11,14-15,17H,5-6,12-13H2,1-4H3. The number of nitrogens with one attached hydrogen (secondary N) is 1. The Hall–Kier alpha value is -1.02. The molecule has 0 heterocycles. The lowest BCUT2D eigenvalue weighted by molar-refractivity contribution is 0.512. The molecule has 1 aromatic carbocycles. The highest BCUT2D eigenvalue weighted by Crippen LogP contribution is 2.17. The molecule has 0 saturated carbocycles. The molecular formula is C16H28N2. The first-order valence-electron chi connectivity index (χ1n) is 7.20. The van der Waals surface area contributed by atoms with E-state index in [1.54, 1.807) is 0 Å². The second-order valence-corrected chi connectivity index (χ2v) is 5.29. The summed E-state index contributed by atoms with van der Waals surface area (Å²) in [5.41, 5.74) is 1.34. The summed E-state index contributed by atoms with van der Waals surface area (Å²) in [6.45, 7) is 11.1. The van der Waals surface area contributed by atoms with Gasteiger partial charge in [0, 0.05) is 30.9 Å². The number of hydrogen-bond donors (Lipinski definition) is 1. The van der Waals surface area contributed by atoms with Gasteiger partial charge in [-0.1, -0.05) is 45.4 Å². The first-order chi connectivity index (χ1) is 8.65. The van der Waals surface area contributed by atoms with E-state index in [4.69, 9.17) is 0 Å². The molecule has 0 saturated heterocycles. The van der Waals surface area contributed by atoms with Gasteiger partial charge >= 0.3 is 0 Å². The molecular weight excluding hydrogens is 220 g/mol. The molecule has 1 aromatic rings. The molecule has 1 atom stereocenters. The molecule has 0 aliphatic heterocycles. The maximum atomic E-state index is 3.53. The van der Waals surface area contributed by atoms with E-state index in [-0.39, 0.29) is 0 Å². The molecule has 0 radical (unpaired) electrons. The fourth-order valence-corrected chi connectivity index (χ4v) is 2.07. The molecule has 0 spiro atoms. The van der Waals surface area contributed by atoms with E-state index in [1.165, 1.54) is 18.5 Å². The summed E-state index contributed by atoms with van der Waals surface area (Å²) in [4.78, 5) is 2.51. The lowest BCUT2D eigenvalue weighted by atomic mass is 10.2. The van der Waals surface area contributed by atoms with Gasteiger partial charge in [-0.05, 0) is 25.5 Å². The minimum atomic E-state index is 0.529. The minimum Gasteiger partial charge on any atom is -0.368 e. The Morgan fingerprint density at radius 2 is 1.78 bits per heavy atom. The van der Waals surface area contributed by atoms with Gasteiger partial charge in [0.1, 0.15) is 0 Å². The number of para-hydroxylation sites is 1. The topological polar surface area (TPSA) is 15.3 Å². The van der Waals surface area contributed by atoms with Crippen molar-refractivity contribution >= 4 is 5.69 Å². The number of anilines is 1. The van der Waals surface area contributed by atoms with Gasteiger partial charge < -0.3 is 10.2 Å². The molecule has 0 bridgehead atoms. The first kappa shape index (κ1) is 15.0. The zero-order valence-corrected chi connectivity index (χ0v) is 12.3. The van der Waals surface area contributed by atoms with Crippen LogP contribution >= 0.6 is 0 Å². The molecule has 18 heavy (non-hydrogen) atoms. The molecule has 0 amide bonds. The van der Waals surface area contributed by atoms with Crippen molar-refractivity contribution in [3.05, 3.63) is 30.3 Å². The summed E-state index contributed by atoms with van der Waals surface area (Å²) in [5, 5.41) is 3.53. The van der Waals surface area contributed by atoms with Crippen LogP contribution in [0, 0.1) is 0 Å². The van der Waals surface area contributed by atoms with Crippen LogP contribution in [0.2, 0.25) is 0 Å². The lowest BCUT2D eigenvalue weighted by Crippen LogP contribution is -2.42. The van der Waals surface area contributed by atoms with Gasteiger partial charge in [0.15, 0.2) is 0 Å². The predicted octanol–water partition coefficient (Wildman–Crippen LogP) is 3.68. The SMILES string of the molecule is CCCCN(c1ccccc1)C(C)CNC(C)C. The summed E-state index contributed by atoms with van der Waals surface area (Å²) in [7, 11) is 0. The summed E-state index contributed by atoms with van der Waals surface area (Å²) >= 11 is 0. The zero-order chi connectivity index (χ0) is 13.4. The van der Waals surface area contributed by atoms with E-state index in [9.17, 15) is 0 Å². The van der Waals surface area contributed by atoms with Gasteiger partial charge in [0.05, 0.1) is 0 Å². The van der Waals surface area contributed by atoms with Crippen LogP contribution in [0.15, 0.2) is 30.3 Å². The molecule has 1 rings (SSSR count). The largest absolute Gasteiger partial charge is 0.368 e. The Morgan fingerprint density at radius 3 is 2.33 bits per heavy atom. The molecule has 0 aromatic heterocycles. The minimum absolute atomic E-state index is 0.529. The summed E-state index contributed by atoms with van der Waals surface area (Å²) in [6, 6.07) is 11.8. The molecule has 0 aliphatic rings. The number of benzene rings is 1. The summed E-state index contributed by atoms with van der Waals surface area (Å²) in [6.07, 6.45) is 2.49. The lowest BCUT2D eigenvalue weighted by Gasteiger charge is -2.32. The third kappa shape index (κ3) is 5.09. The Bertz CT molecular complexity index is 308. The third-order valence-electron chi connectivity index (χ3n) is 3.19. The monoisotopic (exact) mass is 248 g/mol. The number of rotatable bonds is 8. The van der Waals surface area contributed by atoms with Crippen molar-refractivity contribution in [1.82, 2.24) is 5.32 Å². The van der Waals surface area contributed by atoms with Crippen LogP contribution in [0.5, 0.6) is 0 Å². The Morgan fingerprint density at radius 1 is 1.11 bits per heavy atom. The molecule has 0 fully saturated rings. The van der Waals surface area contributed by atoms with Gasteiger partial charge in [-0.3, -0.25) is 0 Å². The number of unbranched alkanes of at least 4 members (excludes halogenated alkanes) is 1. The maximum Gasteiger partial charge on any atom is 0.0386 e. The predicted molar refractivity (Wildman–Crippen MR) is 81.3 cm³/mol. The van der Waals surface area contributed by atoms with E-state index < -0.39 is 0 Å². The Kier molecular flexibility index (Phi) is 6.81. The van der Waals surface area contributed by atoms with Crippen molar-refractivity contribution in [2.75, 3.05) is 18.0 Å². The van der Waals surface area contributed by atoms with Crippen molar-refractivity contribution in [3.63, 3.8) is 0 Å². The van der Waals surface area contributed by atoms with Crippen LogP contribution in [0.4, 0.5) is 5.69 Å². The molecule has 2 nitrogen and oxygen atoms in total. The summed E-state index contributed by atoms with van der Waals surface area (Å²) < 4.78 is 0. The van der Waals surface area contributed by atoms with Crippen molar-refractivity contribution in [2.45, 2.75) is 52.6 Å². The number of hydrogen-bond acceptors (Lipinski definition) is 2.